The van der Waals surface area contributed by atoms with E-state index in [9.17, 15) is 14.9 Å². The van der Waals surface area contributed by atoms with Gasteiger partial charge in [-0.15, -0.1) is 0 Å². The Kier molecular flexibility index (Phi) is 3.67. The van der Waals surface area contributed by atoms with Gasteiger partial charge in [0.1, 0.15) is 5.78 Å². The summed E-state index contributed by atoms with van der Waals surface area (Å²) in [5.41, 5.74) is 1.28. The fraction of sp³-hybridized carbons (Fsp3) is 0.850. The maximum Gasteiger partial charge on any atom is 0.224 e. The Morgan fingerprint density at radius 3 is 2.75 bits per heavy atom. The molecule has 3 saturated carbocycles. The average Bonchev–Trinajstić information content (AvgIpc) is 2.83. The van der Waals surface area contributed by atoms with Crippen LogP contribution in [0.2, 0.25) is 0 Å². The Hall–Kier alpha value is -1.19. The van der Waals surface area contributed by atoms with Gasteiger partial charge in [-0.05, 0) is 79.6 Å². The van der Waals surface area contributed by atoms with Crippen LogP contribution in [-0.2, 0) is 4.79 Å². The van der Waals surface area contributed by atoms with Crippen molar-refractivity contribution in [2.45, 2.75) is 65.2 Å². The van der Waals surface area contributed by atoms with E-state index in [1.54, 1.807) is 0 Å². The van der Waals surface area contributed by atoms with E-state index in [1.165, 1.54) is 19.3 Å². The molecule has 4 aliphatic carbocycles. The number of fused-ring (bicyclic) bond motifs is 5. The maximum absolute atomic E-state index is 12.4. The third-order valence-electron chi connectivity index (χ3n) is 8.45. The lowest BCUT2D eigenvalue weighted by Gasteiger charge is -2.59. The first kappa shape index (κ1) is 16.3. The molecule has 0 bridgehead atoms. The summed E-state index contributed by atoms with van der Waals surface area (Å²) in [7, 11) is 0. The van der Waals surface area contributed by atoms with E-state index in [-0.39, 0.29) is 22.3 Å². The summed E-state index contributed by atoms with van der Waals surface area (Å²) < 4.78 is 0. The Morgan fingerprint density at radius 1 is 1.21 bits per heavy atom. The number of Topliss-reactive ketones (excluding diaryl/α,β-unsaturated/α-hetero) is 1. The summed E-state index contributed by atoms with van der Waals surface area (Å²) in [6.45, 7) is 4.69. The SMILES string of the molecule is C[C@]12CC=C(C[N+](=O)[O-])C[C@@H]1CC[C@@H]1[C@H]2CC[C@]2(C)C(=O)CC[C@H]12. The molecule has 0 saturated heterocycles. The Balaban J connectivity index is 1.59. The van der Waals surface area contributed by atoms with Crippen LogP contribution >= 0.6 is 0 Å². The first-order valence-corrected chi connectivity index (χ1v) is 9.67. The molecule has 0 N–H and O–H groups in total. The van der Waals surface area contributed by atoms with Gasteiger partial charge >= 0.3 is 0 Å². The number of nitro groups is 1. The molecule has 4 heteroatoms. The first-order valence-electron chi connectivity index (χ1n) is 9.67. The molecule has 0 heterocycles. The maximum atomic E-state index is 12.4. The van der Waals surface area contributed by atoms with Crippen LogP contribution in [0.1, 0.15) is 65.2 Å². The monoisotopic (exact) mass is 331 g/mol. The van der Waals surface area contributed by atoms with E-state index in [4.69, 9.17) is 0 Å². The number of hydrogen-bond donors (Lipinski definition) is 0. The molecule has 0 amide bonds. The van der Waals surface area contributed by atoms with Crippen LogP contribution in [-0.4, -0.2) is 17.3 Å². The lowest BCUT2D eigenvalue weighted by atomic mass is 9.45. The fourth-order valence-electron chi connectivity index (χ4n) is 7.02. The van der Waals surface area contributed by atoms with Crippen LogP contribution in [0.15, 0.2) is 11.6 Å². The second kappa shape index (κ2) is 5.40. The lowest BCUT2D eigenvalue weighted by molar-refractivity contribution is -0.471. The van der Waals surface area contributed by atoms with Crippen molar-refractivity contribution in [2.75, 3.05) is 6.54 Å². The van der Waals surface area contributed by atoms with Crippen molar-refractivity contribution in [3.63, 3.8) is 0 Å². The summed E-state index contributed by atoms with van der Waals surface area (Å²) >= 11 is 0. The third-order valence-corrected chi connectivity index (χ3v) is 8.45. The van der Waals surface area contributed by atoms with E-state index in [0.717, 1.165) is 37.7 Å². The van der Waals surface area contributed by atoms with E-state index in [0.29, 0.717) is 29.5 Å². The molecule has 0 aromatic carbocycles. The highest BCUT2D eigenvalue weighted by Gasteiger charge is 2.59. The van der Waals surface area contributed by atoms with Crippen molar-refractivity contribution in [3.8, 4) is 0 Å². The summed E-state index contributed by atoms with van der Waals surface area (Å²) in [6, 6.07) is 0. The molecule has 0 unspecified atom stereocenters. The van der Waals surface area contributed by atoms with Gasteiger partial charge in [-0.2, -0.15) is 0 Å². The second-order valence-corrected chi connectivity index (χ2v) is 9.34. The smallest absolute Gasteiger partial charge is 0.224 e. The van der Waals surface area contributed by atoms with Gasteiger partial charge in [0.25, 0.3) is 0 Å². The number of nitrogens with zero attached hydrogens (tertiary/aromatic N) is 1. The molecule has 132 valence electrons. The number of carbonyl (C=O) groups is 1. The minimum atomic E-state index is -0.184. The van der Waals surface area contributed by atoms with Gasteiger partial charge < -0.3 is 0 Å². The quantitative estimate of drug-likeness (QED) is 0.428. The van der Waals surface area contributed by atoms with Crippen molar-refractivity contribution in [1.82, 2.24) is 0 Å². The Labute approximate surface area is 144 Å². The van der Waals surface area contributed by atoms with Crippen LogP contribution in [0.25, 0.3) is 0 Å². The molecule has 6 atom stereocenters. The fourth-order valence-corrected chi connectivity index (χ4v) is 7.02. The molecular formula is C20H29NO3. The van der Waals surface area contributed by atoms with Crippen LogP contribution in [0.4, 0.5) is 0 Å². The Morgan fingerprint density at radius 2 is 2.00 bits per heavy atom. The molecule has 0 radical (unpaired) electrons. The molecule has 0 aromatic heterocycles. The standard InChI is InChI=1S/C20H29NO3/c1-19-9-7-13(12-21(23)24)11-14(19)3-4-15-16-5-6-18(22)20(16,2)10-8-17(15)19/h7,14-17H,3-6,8-12H2,1-2H3/t14-,15-,16+,17+,19-,20-/m0/s1. The van der Waals surface area contributed by atoms with Crippen LogP contribution in [0.3, 0.4) is 0 Å². The zero-order valence-electron chi connectivity index (χ0n) is 14.9. The van der Waals surface area contributed by atoms with Crippen LogP contribution in [0.5, 0.6) is 0 Å². The highest BCUT2D eigenvalue weighted by Crippen LogP contribution is 2.65. The van der Waals surface area contributed by atoms with Gasteiger partial charge in [0.2, 0.25) is 6.54 Å². The van der Waals surface area contributed by atoms with Crippen LogP contribution in [0, 0.1) is 44.6 Å². The second-order valence-electron chi connectivity index (χ2n) is 9.34. The number of allylic oxidation sites excluding steroid dienone is 1. The van der Waals surface area contributed by atoms with Gasteiger partial charge in [-0.25, -0.2) is 0 Å². The van der Waals surface area contributed by atoms with E-state index in [2.05, 4.69) is 19.9 Å². The Bertz CT molecular complexity index is 612. The predicted octanol–water partition coefficient (Wildman–Crippen LogP) is 4.41. The van der Waals surface area contributed by atoms with Crippen molar-refractivity contribution in [1.29, 1.82) is 0 Å². The summed E-state index contributed by atoms with van der Waals surface area (Å²) in [5, 5.41) is 10.9. The van der Waals surface area contributed by atoms with Crippen molar-refractivity contribution in [2.24, 2.45) is 34.5 Å². The van der Waals surface area contributed by atoms with E-state index >= 15 is 0 Å². The third kappa shape index (κ3) is 2.21. The predicted molar refractivity (Wildman–Crippen MR) is 92.1 cm³/mol. The molecule has 0 aromatic rings. The van der Waals surface area contributed by atoms with Gasteiger partial charge in [0.15, 0.2) is 0 Å². The topological polar surface area (TPSA) is 60.2 Å². The molecule has 0 aliphatic heterocycles. The van der Waals surface area contributed by atoms with Crippen molar-refractivity contribution >= 4 is 5.78 Å². The molecular weight excluding hydrogens is 302 g/mol. The lowest BCUT2D eigenvalue weighted by Crippen LogP contribution is -2.52. The van der Waals surface area contributed by atoms with E-state index in [1.807, 2.05) is 0 Å². The molecule has 24 heavy (non-hydrogen) atoms. The molecule has 3 fully saturated rings. The highest BCUT2D eigenvalue weighted by atomic mass is 16.6. The van der Waals surface area contributed by atoms with Crippen LogP contribution < -0.4 is 0 Å². The van der Waals surface area contributed by atoms with Gasteiger partial charge in [-0.3, -0.25) is 14.9 Å². The largest absolute Gasteiger partial charge is 0.299 e. The molecule has 4 rings (SSSR count). The molecule has 4 aliphatic rings. The first-order chi connectivity index (χ1) is 11.3. The van der Waals surface area contributed by atoms with Gasteiger partial charge in [0, 0.05) is 16.8 Å². The number of carbonyl (C=O) groups excluding carboxylic acids is 1. The van der Waals surface area contributed by atoms with Crippen molar-refractivity contribution in [3.05, 3.63) is 21.8 Å². The normalized spacial score (nSPS) is 47.4. The molecule has 4 nitrogen and oxygen atoms in total. The zero-order valence-corrected chi connectivity index (χ0v) is 14.9. The van der Waals surface area contributed by atoms with Gasteiger partial charge in [0.05, 0.1) is 0 Å². The zero-order chi connectivity index (χ0) is 17.1. The van der Waals surface area contributed by atoms with E-state index < -0.39 is 0 Å². The highest BCUT2D eigenvalue weighted by molar-refractivity contribution is 5.87. The number of hydrogen-bond acceptors (Lipinski definition) is 3. The summed E-state index contributed by atoms with van der Waals surface area (Å²) in [6.07, 6.45) is 10.6. The van der Waals surface area contributed by atoms with Gasteiger partial charge in [-0.1, -0.05) is 19.9 Å². The minimum Gasteiger partial charge on any atom is -0.299 e. The summed E-state index contributed by atoms with van der Waals surface area (Å²) in [4.78, 5) is 23.1. The number of rotatable bonds is 2. The molecule has 0 spiro atoms. The summed E-state index contributed by atoms with van der Waals surface area (Å²) in [5.74, 6) is 3.09. The average molecular weight is 331 g/mol. The minimum absolute atomic E-state index is 0.0237. The van der Waals surface area contributed by atoms with Crippen molar-refractivity contribution < 1.29 is 9.72 Å². The number of ketones is 1.